The van der Waals surface area contributed by atoms with Crippen LogP contribution in [0.5, 0.6) is 0 Å². The highest BCUT2D eigenvalue weighted by atomic mass is 16.2. The van der Waals surface area contributed by atoms with Crippen molar-refractivity contribution in [3.05, 3.63) is 53.3 Å². The van der Waals surface area contributed by atoms with Crippen molar-refractivity contribution in [1.29, 1.82) is 0 Å². The lowest BCUT2D eigenvalue weighted by Crippen LogP contribution is -2.30. The minimum atomic E-state index is 0.118. The summed E-state index contributed by atoms with van der Waals surface area (Å²) in [5.74, 6) is 0.118. The minimum Gasteiger partial charge on any atom is -0.331 e. The van der Waals surface area contributed by atoms with E-state index in [2.05, 4.69) is 10.00 Å². The fourth-order valence-electron chi connectivity index (χ4n) is 3.25. The number of carbonyl (C=O) groups excluding carboxylic acids is 1. The third-order valence-corrected chi connectivity index (χ3v) is 4.32. The van der Waals surface area contributed by atoms with Gasteiger partial charge in [0, 0.05) is 37.5 Å². The van der Waals surface area contributed by atoms with Crippen molar-refractivity contribution in [2.45, 2.75) is 25.4 Å². The topological polar surface area (TPSA) is 41.4 Å². The molecule has 1 atom stereocenters. The number of rotatable bonds is 4. The van der Waals surface area contributed by atoms with E-state index in [4.69, 9.17) is 0 Å². The molecule has 23 heavy (non-hydrogen) atoms. The van der Waals surface area contributed by atoms with Crippen LogP contribution in [0.4, 0.5) is 0 Å². The highest BCUT2D eigenvalue weighted by Gasteiger charge is 2.31. The highest BCUT2D eigenvalue weighted by Crippen LogP contribution is 2.32. The van der Waals surface area contributed by atoms with Crippen LogP contribution in [0.15, 0.2) is 36.7 Å². The van der Waals surface area contributed by atoms with E-state index in [1.54, 1.807) is 4.68 Å². The summed E-state index contributed by atoms with van der Waals surface area (Å²) in [6, 6.07) is 8.13. The largest absolute Gasteiger partial charge is 0.331 e. The SMILES string of the molecule is CN(C)Cc1ccc(C(=O)N2CCC[C@@H]2c2cnn(C)c2)cc1. The van der Waals surface area contributed by atoms with Crippen LogP contribution in [0.25, 0.3) is 0 Å². The summed E-state index contributed by atoms with van der Waals surface area (Å²) < 4.78 is 1.80. The van der Waals surface area contributed by atoms with Gasteiger partial charge in [-0.25, -0.2) is 0 Å². The molecule has 1 aliphatic rings. The average Bonchev–Trinajstić information content (AvgIpc) is 3.15. The van der Waals surface area contributed by atoms with E-state index in [1.165, 1.54) is 5.56 Å². The van der Waals surface area contributed by atoms with Crippen LogP contribution in [-0.4, -0.2) is 46.1 Å². The molecule has 1 saturated heterocycles. The van der Waals surface area contributed by atoms with Crippen molar-refractivity contribution in [1.82, 2.24) is 19.6 Å². The number of hydrogen-bond acceptors (Lipinski definition) is 3. The number of aromatic nitrogens is 2. The Morgan fingerprint density at radius 3 is 2.65 bits per heavy atom. The lowest BCUT2D eigenvalue weighted by Gasteiger charge is -2.24. The Morgan fingerprint density at radius 2 is 2.04 bits per heavy atom. The maximum absolute atomic E-state index is 12.9. The van der Waals surface area contributed by atoms with Gasteiger partial charge < -0.3 is 9.80 Å². The zero-order valence-electron chi connectivity index (χ0n) is 14.1. The van der Waals surface area contributed by atoms with Gasteiger partial charge in [0.2, 0.25) is 0 Å². The molecule has 0 unspecified atom stereocenters. The van der Waals surface area contributed by atoms with Gasteiger partial charge in [0.05, 0.1) is 12.2 Å². The van der Waals surface area contributed by atoms with E-state index in [-0.39, 0.29) is 11.9 Å². The molecule has 1 amide bonds. The lowest BCUT2D eigenvalue weighted by atomic mass is 10.1. The molecule has 0 aliphatic carbocycles. The van der Waals surface area contributed by atoms with Gasteiger partial charge in [-0.2, -0.15) is 5.10 Å². The summed E-state index contributed by atoms with van der Waals surface area (Å²) >= 11 is 0. The first kappa shape index (κ1) is 15.7. The van der Waals surface area contributed by atoms with Crippen LogP contribution >= 0.6 is 0 Å². The van der Waals surface area contributed by atoms with E-state index < -0.39 is 0 Å². The van der Waals surface area contributed by atoms with E-state index >= 15 is 0 Å². The molecule has 5 nitrogen and oxygen atoms in total. The van der Waals surface area contributed by atoms with Crippen LogP contribution in [-0.2, 0) is 13.6 Å². The molecule has 1 aliphatic heterocycles. The number of carbonyl (C=O) groups is 1. The standard InChI is InChI=1S/C18H24N4O/c1-20(2)12-14-6-8-15(9-7-14)18(23)22-10-4-5-17(22)16-11-19-21(3)13-16/h6-9,11,13,17H,4-5,10,12H2,1-3H3/t17-/m1/s1. The molecule has 0 bridgehead atoms. The molecular formula is C18H24N4O. The first-order valence-corrected chi connectivity index (χ1v) is 8.08. The number of amides is 1. The highest BCUT2D eigenvalue weighted by molar-refractivity contribution is 5.94. The fraction of sp³-hybridized carbons (Fsp3) is 0.444. The third kappa shape index (κ3) is 3.45. The molecule has 1 aromatic heterocycles. The van der Waals surface area contributed by atoms with Gasteiger partial charge >= 0.3 is 0 Å². The number of hydrogen-bond donors (Lipinski definition) is 0. The smallest absolute Gasteiger partial charge is 0.254 e. The second kappa shape index (κ2) is 6.54. The fourth-order valence-corrected chi connectivity index (χ4v) is 3.25. The van der Waals surface area contributed by atoms with Crippen molar-refractivity contribution in [2.24, 2.45) is 7.05 Å². The van der Waals surface area contributed by atoms with Crippen molar-refractivity contribution < 1.29 is 4.79 Å². The molecule has 0 N–H and O–H groups in total. The number of benzene rings is 1. The van der Waals surface area contributed by atoms with E-state index in [0.717, 1.165) is 37.1 Å². The molecule has 3 rings (SSSR count). The first-order chi connectivity index (χ1) is 11.0. The van der Waals surface area contributed by atoms with Gasteiger partial charge in [0.15, 0.2) is 0 Å². The molecule has 1 fully saturated rings. The van der Waals surface area contributed by atoms with E-state index in [0.29, 0.717) is 0 Å². The average molecular weight is 312 g/mol. The Morgan fingerprint density at radius 1 is 1.30 bits per heavy atom. The Kier molecular flexibility index (Phi) is 4.48. The normalized spacial score (nSPS) is 17.9. The summed E-state index contributed by atoms with van der Waals surface area (Å²) in [6.45, 7) is 1.70. The second-order valence-electron chi connectivity index (χ2n) is 6.54. The second-order valence-corrected chi connectivity index (χ2v) is 6.54. The van der Waals surface area contributed by atoms with E-state index in [9.17, 15) is 4.79 Å². The lowest BCUT2D eigenvalue weighted by molar-refractivity contribution is 0.0735. The minimum absolute atomic E-state index is 0.118. The van der Waals surface area contributed by atoms with Crippen molar-refractivity contribution >= 4 is 5.91 Å². The molecule has 5 heteroatoms. The summed E-state index contributed by atoms with van der Waals surface area (Å²) in [5, 5.41) is 4.24. The van der Waals surface area contributed by atoms with Crippen LogP contribution < -0.4 is 0 Å². The van der Waals surface area contributed by atoms with Crippen molar-refractivity contribution in [3.63, 3.8) is 0 Å². The predicted molar refractivity (Wildman–Crippen MR) is 90.1 cm³/mol. The number of likely N-dealkylation sites (tertiary alicyclic amines) is 1. The third-order valence-electron chi connectivity index (χ3n) is 4.32. The molecule has 1 aromatic carbocycles. The van der Waals surface area contributed by atoms with Gasteiger partial charge in [-0.05, 0) is 44.6 Å². The van der Waals surface area contributed by atoms with Gasteiger partial charge in [0.25, 0.3) is 5.91 Å². The number of nitrogens with zero attached hydrogens (tertiary/aromatic N) is 4. The first-order valence-electron chi connectivity index (χ1n) is 8.08. The molecule has 0 radical (unpaired) electrons. The maximum Gasteiger partial charge on any atom is 0.254 e. The molecule has 0 spiro atoms. The van der Waals surface area contributed by atoms with Gasteiger partial charge in [-0.1, -0.05) is 12.1 Å². The maximum atomic E-state index is 12.9. The zero-order chi connectivity index (χ0) is 16.4. The Balaban J connectivity index is 1.76. The van der Waals surface area contributed by atoms with Crippen LogP contribution in [0.1, 0.15) is 40.4 Å². The summed E-state index contributed by atoms with van der Waals surface area (Å²) in [7, 11) is 6.00. The van der Waals surface area contributed by atoms with Crippen molar-refractivity contribution in [3.8, 4) is 0 Å². The number of aryl methyl sites for hydroxylation is 1. The van der Waals surface area contributed by atoms with Crippen LogP contribution in [0.3, 0.4) is 0 Å². The molecule has 2 heterocycles. The molecular weight excluding hydrogens is 288 g/mol. The zero-order valence-corrected chi connectivity index (χ0v) is 14.1. The summed E-state index contributed by atoms with van der Waals surface area (Å²) in [5.41, 5.74) is 3.11. The Hall–Kier alpha value is -2.14. The summed E-state index contributed by atoms with van der Waals surface area (Å²) in [4.78, 5) is 17.0. The van der Waals surface area contributed by atoms with Crippen LogP contribution in [0, 0.1) is 0 Å². The molecule has 122 valence electrons. The van der Waals surface area contributed by atoms with Gasteiger partial charge in [-0.15, -0.1) is 0 Å². The molecule has 0 saturated carbocycles. The Labute approximate surface area is 137 Å². The predicted octanol–water partition coefficient (Wildman–Crippen LogP) is 2.46. The van der Waals surface area contributed by atoms with Crippen molar-refractivity contribution in [2.75, 3.05) is 20.6 Å². The quantitative estimate of drug-likeness (QED) is 0.871. The summed E-state index contributed by atoms with van der Waals surface area (Å²) in [6.07, 6.45) is 5.94. The molecule has 2 aromatic rings. The van der Waals surface area contributed by atoms with Gasteiger partial charge in [-0.3, -0.25) is 9.48 Å². The van der Waals surface area contributed by atoms with Gasteiger partial charge in [0.1, 0.15) is 0 Å². The van der Waals surface area contributed by atoms with Crippen LogP contribution in [0.2, 0.25) is 0 Å². The Bertz CT molecular complexity index is 675. The monoisotopic (exact) mass is 312 g/mol. The van der Waals surface area contributed by atoms with E-state index in [1.807, 2.05) is 62.7 Å².